The highest BCUT2D eigenvalue weighted by Gasteiger charge is 2.45. The second-order valence-electron chi connectivity index (χ2n) is 7.60. The summed E-state index contributed by atoms with van der Waals surface area (Å²) in [5, 5.41) is 4.18. The van der Waals surface area contributed by atoms with E-state index >= 15 is 0 Å². The van der Waals surface area contributed by atoms with E-state index in [0.29, 0.717) is 19.8 Å². The van der Waals surface area contributed by atoms with Crippen molar-refractivity contribution in [3.63, 3.8) is 0 Å². The number of nitrogens with zero attached hydrogens (tertiary/aromatic N) is 1. The van der Waals surface area contributed by atoms with Crippen LogP contribution in [-0.2, 0) is 10.2 Å². The molecule has 0 radical (unpaired) electrons. The van der Waals surface area contributed by atoms with Gasteiger partial charge in [-0.1, -0.05) is 12.8 Å². The first-order valence-electron chi connectivity index (χ1n) is 9.62. The Bertz CT molecular complexity index is 688. The van der Waals surface area contributed by atoms with Gasteiger partial charge in [-0.3, -0.25) is 0 Å². The van der Waals surface area contributed by atoms with E-state index in [0.717, 1.165) is 29.7 Å². The Balaban J connectivity index is 1.69. The maximum absolute atomic E-state index is 5.88. The van der Waals surface area contributed by atoms with E-state index in [2.05, 4.69) is 29.3 Å². The zero-order chi connectivity index (χ0) is 18.1. The molecule has 1 fully saturated rings. The molecule has 5 nitrogen and oxygen atoms in total. The minimum Gasteiger partial charge on any atom is -0.486 e. The van der Waals surface area contributed by atoms with Crippen LogP contribution >= 0.6 is 12.2 Å². The molecule has 0 amide bonds. The molecule has 0 bridgehead atoms. The van der Waals surface area contributed by atoms with Gasteiger partial charge in [-0.15, -0.1) is 0 Å². The number of benzene rings is 1. The van der Waals surface area contributed by atoms with Crippen molar-refractivity contribution in [3.8, 4) is 11.5 Å². The highest BCUT2D eigenvalue weighted by molar-refractivity contribution is 7.80. The van der Waals surface area contributed by atoms with Gasteiger partial charge in [0, 0.05) is 25.6 Å². The monoisotopic (exact) mass is 376 g/mol. The van der Waals surface area contributed by atoms with Crippen molar-refractivity contribution in [2.75, 3.05) is 40.0 Å². The van der Waals surface area contributed by atoms with E-state index in [1.165, 1.54) is 36.8 Å². The molecule has 1 saturated carbocycles. The van der Waals surface area contributed by atoms with Gasteiger partial charge in [-0.2, -0.15) is 0 Å². The molecule has 1 spiro atoms. The minimum atomic E-state index is 0.171. The van der Waals surface area contributed by atoms with Gasteiger partial charge in [0.2, 0.25) is 0 Å². The number of hydrogen-bond acceptors (Lipinski definition) is 4. The predicted molar refractivity (Wildman–Crippen MR) is 105 cm³/mol. The van der Waals surface area contributed by atoms with Crippen molar-refractivity contribution >= 4 is 17.3 Å². The Hall–Kier alpha value is -1.53. The van der Waals surface area contributed by atoms with Crippen LogP contribution in [0.3, 0.4) is 0 Å². The molecule has 2 aliphatic heterocycles. The number of ether oxygens (including phenoxy) is 3. The molecule has 3 aliphatic rings. The van der Waals surface area contributed by atoms with Crippen LogP contribution in [0.25, 0.3) is 0 Å². The summed E-state index contributed by atoms with van der Waals surface area (Å²) in [6, 6.07) is 4.66. The van der Waals surface area contributed by atoms with E-state index in [9.17, 15) is 0 Å². The topological polar surface area (TPSA) is 43.0 Å². The lowest BCUT2D eigenvalue weighted by Gasteiger charge is -2.47. The van der Waals surface area contributed by atoms with Crippen LogP contribution in [0.15, 0.2) is 12.1 Å². The van der Waals surface area contributed by atoms with E-state index in [-0.39, 0.29) is 11.5 Å². The molecule has 2 heterocycles. The first kappa shape index (κ1) is 17.9. The van der Waals surface area contributed by atoms with Gasteiger partial charge < -0.3 is 24.4 Å². The molecule has 1 aliphatic carbocycles. The van der Waals surface area contributed by atoms with Crippen LogP contribution in [0.1, 0.15) is 49.8 Å². The Morgan fingerprint density at radius 3 is 2.65 bits per heavy atom. The summed E-state index contributed by atoms with van der Waals surface area (Å²) >= 11 is 5.74. The van der Waals surface area contributed by atoms with Gasteiger partial charge in [0.1, 0.15) is 13.2 Å². The molecule has 1 aromatic rings. The maximum Gasteiger partial charge on any atom is 0.169 e. The third-order valence-corrected chi connectivity index (χ3v) is 6.46. The van der Waals surface area contributed by atoms with Crippen LogP contribution in [0.2, 0.25) is 0 Å². The van der Waals surface area contributed by atoms with Crippen molar-refractivity contribution in [1.82, 2.24) is 10.2 Å². The predicted octanol–water partition coefficient (Wildman–Crippen LogP) is 3.17. The third kappa shape index (κ3) is 3.03. The molecule has 142 valence electrons. The van der Waals surface area contributed by atoms with Gasteiger partial charge in [0.25, 0.3) is 0 Å². The number of fused-ring (bicyclic) bond motifs is 3. The molecule has 4 rings (SSSR count). The van der Waals surface area contributed by atoms with E-state index in [1.807, 2.05) is 0 Å². The average molecular weight is 377 g/mol. The molecular weight excluding hydrogens is 348 g/mol. The molecule has 1 atom stereocenters. The van der Waals surface area contributed by atoms with Crippen LogP contribution in [-0.4, -0.2) is 50.0 Å². The van der Waals surface area contributed by atoms with Gasteiger partial charge in [0.15, 0.2) is 16.6 Å². The summed E-state index contributed by atoms with van der Waals surface area (Å²) in [4.78, 5) is 2.36. The smallest absolute Gasteiger partial charge is 0.169 e. The zero-order valence-corrected chi connectivity index (χ0v) is 16.5. The summed E-state index contributed by atoms with van der Waals surface area (Å²) in [5.74, 6) is 1.78. The van der Waals surface area contributed by atoms with Crippen LogP contribution in [0, 0.1) is 0 Å². The Kier molecular flexibility index (Phi) is 4.97. The molecule has 1 aromatic carbocycles. The summed E-state index contributed by atoms with van der Waals surface area (Å²) in [6.45, 7) is 5.85. The number of rotatable bonds is 3. The molecule has 0 aromatic heterocycles. The molecule has 26 heavy (non-hydrogen) atoms. The van der Waals surface area contributed by atoms with Crippen molar-refractivity contribution < 1.29 is 14.2 Å². The number of hydrogen-bond donors (Lipinski definition) is 1. The number of thiocarbonyl (C=S) groups is 1. The second kappa shape index (κ2) is 7.24. The van der Waals surface area contributed by atoms with Crippen LogP contribution in [0.5, 0.6) is 11.5 Å². The molecule has 6 heteroatoms. The molecule has 1 unspecified atom stereocenters. The van der Waals surface area contributed by atoms with Gasteiger partial charge >= 0.3 is 0 Å². The summed E-state index contributed by atoms with van der Waals surface area (Å²) in [7, 11) is 1.71. The van der Waals surface area contributed by atoms with Crippen molar-refractivity contribution in [2.45, 2.75) is 44.1 Å². The van der Waals surface area contributed by atoms with Crippen molar-refractivity contribution in [1.29, 1.82) is 0 Å². The Morgan fingerprint density at radius 2 is 1.96 bits per heavy atom. The molecular formula is C20H28N2O3S. The fourth-order valence-corrected chi connectivity index (χ4v) is 5.04. The first-order valence-corrected chi connectivity index (χ1v) is 10.0. The Labute approximate surface area is 161 Å². The summed E-state index contributed by atoms with van der Waals surface area (Å²) in [5.41, 5.74) is 2.95. The standard InChI is InChI=1S/C20H28N2O3S/c1-14-15-11-17-18(25-10-9-24-17)12-16(15)20(5-3-4-6-20)13-22(14)19(26)21-7-8-23-2/h11-12,14H,3-10,13H2,1-2H3,(H,21,26). The van der Waals surface area contributed by atoms with Crippen LogP contribution in [0.4, 0.5) is 0 Å². The van der Waals surface area contributed by atoms with Gasteiger partial charge in [-0.05, 0) is 55.2 Å². The quantitative estimate of drug-likeness (QED) is 0.646. The van der Waals surface area contributed by atoms with Gasteiger partial charge in [-0.25, -0.2) is 0 Å². The maximum atomic E-state index is 5.88. The zero-order valence-electron chi connectivity index (χ0n) is 15.7. The summed E-state index contributed by atoms with van der Waals surface area (Å²) < 4.78 is 16.9. The second-order valence-corrected chi connectivity index (χ2v) is 7.99. The van der Waals surface area contributed by atoms with Gasteiger partial charge in [0.05, 0.1) is 12.6 Å². The van der Waals surface area contributed by atoms with E-state index < -0.39 is 0 Å². The fraction of sp³-hybridized carbons (Fsp3) is 0.650. The lowest BCUT2D eigenvalue weighted by molar-refractivity contribution is 0.166. The first-order chi connectivity index (χ1) is 12.6. The number of methoxy groups -OCH3 is 1. The van der Waals surface area contributed by atoms with E-state index in [4.69, 9.17) is 26.4 Å². The molecule has 1 N–H and O–H groups in total. The molecule has 0 saturated heterocycles. The summed E-state index contributed by atoms with van der Waals surface area (Å²) in [6.07, 6.45) is 4.98. The van der Waals surface area contributed by atoms with E-state index in [1.54, 1.807) is 7.11 Å². The average Bonchev–Trinajstić information content (AvgIpc) is 3.13. The minimum absolute atomic E-state index is 0.171. The highest BCUT2D eigenvalue weighted by Crippen LogP contribution is 2.51. The third-order valence-electron chi connectivity index (χ3n) is 6.08. The lowest BCUT2D eigenvalue weighted by Crippen LogP contribution is -2.52. The fourth-order valence-electron chi connectivity index (χ4n) is 4.71. The number of nitrogens with one attached hydrogen (secondary N) is 1. The van der Waals surface area contributed by atoms with Crippen molar-refractivity contribution in [2.24, 2.45) is 0 Å². The van der Waals surface area contributed by atoms with Crippen molar-refractivity contribution in [3.05, 3.63) is 23.3 Å². The highest BCUT2D eigenvalue weighted by atomic mass is 32.1. The Morgan fingerprint density at radius 1 is 1.27 bits per heavy atom. The lowest BCUT2D eigenvalue weighted by atomic mass is 9.71. The largest absolute Gasteiger partial charge is 0.486 e. The normalized spacial score (nSPS) is 23.0. The van der Waals surface area contributed by atoms with Crippen LogP contribution < -0.4 is 14.8 Å². The SMILES string of the molecule is COCCNC(=S)N1CC2(CCCC2)c2cc3c(cc2C1C)OCCO3.